The van der Waals surface area contributed by atoms with Crippen LogP contribution in [0.4, 0.5) is 4.39 Å². The molecule has 1 heterocycles. The minimum absolute atomic E-state index is 0.264. The third-order valence-corrected chi connectivity index (χ3v) is 2.85. The molecule has 15 heavy (non-hydrogen) atoms. The number of rotatable bonds is 3. The van der Waals surface area contributed by atoms with Crippen molar-refractivity contribution in [3.05, 3.63) is 41.5 Å². The van der Waals surface area contributed by atoms with Crippen molar-refractivity contribution in [2.45, 2.75) is 0 Å². The number of carbonyl (C=O) groups is 1. The molecule has 0 aliphatic rings. The van der Waals surface area contributed by atoms with E-state index >= 15 is 0 Å². The van der Waals surface area contributed by atoms with Gasteiger partial charge in [0.2, 0.25) is 0 Å². The lowest BCUT2D eigenvalue weighted by molar-refractivity contribution is -0.120. The van der Waals surface area contributed by atoms with E-state index in [1.165, 1.54) is 23.5 Å². The molecular weight excluding hydrogens is 215 g/mol. The zero-order valence-electron chi connectivity index (χ0n) is 7.64. The quantitative estimate of drug-likeness (QED) is 0.746. The third-order valence-electron chi connectivity index (χ3n) is 1.89. The Kier molecular flexibility index (Phi) is 2.78. The van der Waals surface area contributed by atoms with Crippen LogP contribution >= 0.6 is 11.3 Å². The largest absolute Gasteiger partial charge is 0.428 e. The summed E-state index contributed by atoms with van der Waals surface area (Å²) in [6.45, 7) is 0.385. The average molecular weight is 222 g/mol. The fraction of sp³-hybridized carbons (Fsp3) is 0. The van der Waals surface area contributed by atoms with Crippen molar-refractivity contribution in [2.75, 3.05) is 0 Å². The second kappa shape index (κ2) is 4.23. The lowest BCUT2D eigenvalue weighted by Gasteiger charge is -1.95. The topological polar surface area (TPSA) is 26.3 Å². The van der Waals surface area contributed by atoms with Crippen LogP contribution in [-0.2, 0) is 4.79 Å². The van der Waals surface area contributed by atoms with E-state index in [-0.39, 0.29) is 5.82 Å². The Balaban J connectivity index is 2.28. The Morgan fingerprint density at radius 1 is 1.27 bits per heavy atom. The summed E-state index contributed by atoms with van der Waals surface area (Å²) in [6.07, 6.45) is 0. The Hall–Kier alpha value is -1.68. The van der Waals surface area contributed by atoms with Gasteiger partial charge >= 0.3 is 0 Å². The maximum absolute atomic E-state index is 12.7. The highest BCUT2D eigenvalue weighted by molar-refractivity contribution is 7.13. The molecule has 0 bridgehead atoms. The number of carbonyl (C=O) groups excluding carboxylic acids is 1. The molecule has 0 spiro atoms. The summed E-state index contributed by atoms with van der Waals surface area (Å²) < 4.78 is 17.3. The van der Waals surface area contributed by atoms with Crippen molar-refractivity contribution >= 4 is 17.8 Å². The SMILES string of the molecule is O=COc1csc(-c2ccc(F)cc2)c1. The lowest BCUT2D eigenvalue weighted by atomic mass is 10.2. The maximum Gasteiger partial charge on any atom is 0.298 e. The number of thiophene rings is 1. The van der Waals surface area contributed by atoms with Crippen molar-refractivity contribution in [1.82, 2.24) is 0 Å². The van der Waals surface area contributed by atoms with Crippen LogP contribution in [0.25, 0.3) is 10.4 Å². The van der Waals surface area contributed by atoms with Gasteiger partial charge in [-0.3, -0.25) is 4.79 Å². The number of halogens is 1. The molecular formula is C11H7FO2S. The second-order valence-electron chi connectivity index (χ2n) is 2.87. The van der Waals surface area contributed by atoms with E-state index in [1.807, 2.05) is 0 Å². The zero-order valence-corrected chi connectivity index (χ0v) is 8.46. The molecule has 4 heteroatoms. The monoisotopic (exact) mass is 222 g/mol. The fourth-order valence-corrected chi connectivity index (χ4v) is 2.02. The van der Waals surface area contributed by atoms with Crippen LogP contribution in [0, 0.1) is 5.82 Å². The van der Waals surface area contributed by atoms with E-state index in [2.05, 4.69) is 4.74 Å². The van der Waals surface area contributed by atoms with Crippen molar-refractivity contribution in [1.29, 1.82) is 0 Å². The van der Waals surface area contributed by atoms with E-state index in [0.29, 0.717) is 12.2 Å². The van der Waals surface area contributed by atoms with Crippen LogP contribution in [0.5, 0.6) is 5.75 Å². The first kappa shape index (κ1) is 9.86. The highest BCUT2D eigenvalue weighted by Gasteiger charge is 2.03. The minimum Gasteiger partial charge on any atom is -0.428 e. The summed E-state index contributed by atoms with van der Waals surface area (Å²) in [5.41, 5.74) is 0.905. The molecule has 0 atom stereocenters. The fourth-order valence-electron chi connectivity index (χ4n) is 1.20. The number of ether oxygens (including phenoxy) is 1. The predicted octanol–water partition coefficient (Wildman–Crippen LogP) is 3.09. The van der Waals surface area contributed by atoms with Crippen LogP contribution in [0.1, 0.15) is 0 Å². The molecule has 1 aromatic carbocycles. The highest BCUT2D eigenvalue weighted by Crippen LogP contribution is 2.30. The molecule has 0 unspecified atom stereocenters. The Labute approximate surface area is 89.9 Å². The first-order chi connectivity index (χ1) is 7.29. The molecule has 76 valence electrons. The van der Waals surface area contributed by atoms with E-state index in [1.54, 1.807) is 23.6 Å². The van der Waals surface area contributed by atoms with Gasteiger partial charge in [-0.15, -0.1) is 11.3 Å². The minimum atomic E-state index is -0.264. The van der Waals surface area contributed by atoms with Gasteiger partial charge in [-0.25, -0.2) is 4.39 Å². The predicted molar refractivity (Wildman–Crippen MR) is 56.4 cm³/mol. The van der Waals surface area contributed by atoms with Gasteiger partial charge in [-0.1, -0.05) is 12.1 Å². The van der Waals surface area contributed by atoms with Crippen molar-refractivity contribution in [3.63, 3.8) is 0 Å². The molecule has 0 aliphatic heterocycles. The molecule has 2 aromatic rings. The van der Waals surface area contributed by atoms with Gasteiger partial charge in [-0.2, -0.15) is 0 Å². The Morgan fingerprint density at radius 2 is 2.00 bits per heavy atom. The molecule has 2 rings (SSSR count). The third kappa shape index (κ3) is 2.22. The summed E-state index contributed by atoms with van der Waals surface area (Å²) in [5.74, 6) is 0.244. The van der Waals surface area contributed by atoms with Crippen molar-refractivity contribution in [2.24, 2.45) is 0 Å². The van der Waals surface area contributed by atoms with Crippen LogP contribution in [0.2, 0.25) is 0 Å². The van der Waals surface area contributed by atoms with Gasteiger partial charge in [0.1, 0.15) is 11.6 Å². The summed E-state index contributed by atoms with van der Waals surface area (Å²) >= 11 is 1.44. The van der Waals surface area contributed by atoms with E-state index in [0.717, 1.165) is 10.4 Å². The van der Waals surface area contributed by atoms with Gasteiger partial charge in [0.05, 0.1) is 0 Å². The molecule has 0 aliphatic carbocycles. The highest BCUT2D eigenvalue weighted by atomic mass is 32.1. The van der Waals surface area contributed by atoms with Gasteiger partial charge in [0.25, 0.3) is 6.47 Å². The van der Waals surface area contributed by atoms with Crippen molar-refractivity contribution < 1.29 is 13.9 Å². The number of hydrogen-bond donors (Lipinski definition) is 0. The van der Waals surface area contributed by atoms with Gasteiger partial charge in [0, 0.05) is 10.3 Å². The van der Waals surface area contributed by atoms with E-state index < -0.39 is 0 Å². The Bertz CT molecular complexity index is 462. The van der Waals surface area contributed by atoms with Gasteiger partial charge in [-0.05, 0) is 23.8 Å². The molecule has 0 saturated heterocycles. The molecule has 2 nitrogen and oxygen atoms in total. The summed E-state index contributed by atoms with van der Waals surface area (Å²) in [4.78, 5) is 11.0. The standard InChI is InChI=1S/C11H7FO2S/c12-9-3-1-8(2-4-9)11-5-10(6-15-11)14-7-13/h1-7H. The zero-order chi connectivity index (χ0) is 10.7. The van der Waals surface area contributed by atoms with E-state index in [9.17, 15) is 9.18 Å². The van der Waals surface area contributed by atoms with Crippen LogP contribution in [-0.4, -0.2) is 6.47 Å². The maximum atomic E-state index is 12.7. The first-order valence-electron chi connectivity index (χ1n) is 4.24. The summed E-state index contributed by atoms with van der Waals surface area (Å²) in [7, 11) is 0. The average Bonchev–Trinajstić information content (AvgIpc) is 2.68. The molecule has 0 amide bonds. The molecule has 0 fully saturated rings. The van der Waals surface area contributed by atoms with Crippen LogP contribution in [0.3, 0.4) is 0 Å². The number of hydrogen-bond acceptors (Lipinski definition) is 3. The second-order valence-corrected chi connectivity index (χ2v) is 3.78. The van der Waals surface area contributed by atoms with Crippen molar-refractivity contribution in [3.8, 4) is 16.2 Å². The molecule has 0 N–H and O–H groups in total. The van der Waals surface area contributed by atoms with E-state index in [4.69, 9.17) is 0 Å². The molecule has 0 radical (unpaired) electrons. The van der Waals surface area contributed by atoms with Gasteiger partial charge in [0.15, 0.2) is 0 Å². The molecule has 0 saturated carbocycles. The normalized spacial score (nSPS) is 9.93. The summed E-state index contributed by atoms with van der Waals surface area (Å²) in [6, 6.07) is 7.91. The van der Waals surface area contributed by atoms with Crippen LogP contribution in [0.15, 0.2) is 35.7 Å². The number of benzene rings is 1. The van der Waals surface area contributed by atoms with Crippen LogP contribution < -0.4 is 4.74 Å². The summed E-state index contributed by atoms with van der Waals surface area (Å²) in [5, 5.41) is 1.73. The van der Waals surface area contributed by atoms with Gasteiger partial charge < -0.3 is 4.74 Å². The lowest BCUT2D eigenvalue weighted by Crippen LogP contribution is -1.84. The molecule has 1 aromatic heterocycles. The first-order valence-corrected chi connectivity index (χ1v) is 5.12. The smallest absolute Gasteiger partial charge is 0.298 e. The Morgan fingerprint density at radius 3 is 2.67 bits per heavy atom.